The minimum Gasteiger partial charge on any atom is -0.388 e. The standard InChI is InChI=1S/C8H10F3NOS/c9-8(10,11)7-2-1-6(14-7)5(13)3-4-12/h1-2,5,13H,3-4,12H2. The molecule has 0 fully saturated rings. The van der Waals surface area contributed by atoms with Gasteiger partial charge in [0.05, 0.1) is 6.10 Å². The first kappa shape index (κ1) is 11.5. The molecule has 1 unspecified atom stereocenters. The van der Waals surface area contributed by atoms with E-state index in [4.69, 9.17) is 5.73 Å². The number of alkyl halides is 3. The Bertz CT molecular complexity index is 297. The fraction of sp³-hybridized carbons (Fsp3) is 0.500. The molecule has 0 bridgehead atoms. The first-order valence-electron chi connectivity index (χ1n) is 4.00. The Kier molecular flexibility index (Phi) is 3.52. The molecule has 6 heteroatoms. The first-order valence-corrected chi connectivity index (χ1v) is 4.82. The van der Waals surface area contributed by atoms with Crippen LogP contribution in [0.25, 0.3) is 0 Å². The van der Waals surface area contributed by atoms with E-state index in [0.717, 1.165) is 6.07 Å². The van der Waals surface area contributed by atoms with Crippen LogP contribution in [0.15, 0.2) is 12.1 Å². The normalized spacial score (nSPS) is 14.4. The lowest BCUT2D eigenvalue weighted by atomic mass is 10.2. The van der Waals surface area contributed by atoms with Gasteiger partial charge in [-0.1, -0.05) is 0 Å². The summed E-state index contributed by atoms with van der Waals surface area (Å²) in [5.41, 5.74) is 5.18. The monoisotopic (exact) mass is 225 g/mol. The van der Waals surface area contributed by atoms with Gasteiger partial charge in [0.1, 0.15) is 4.88 Å². The van der Waals surface area contributed by atoms with Crippen molar-refractivity contribution in [3.63, 3.8) is 0 Å². The smallest absolute Gasteiger partial charge is 0.388 e. The van der Waals surface area contributed by atoms with Gasteiger partial charge in [0, 0.05) is 4.88 Å². The third kappa shape index (κ3) is 2.70. The number of nitrogens with two attached hydrogens (primary N) is 1. The van der Waals surface area contributed by atoms with E-state index >= 15 is 0 Å². The zero-order chi connectivity index (χ0) is 10.8. The van der Waals surface area contributed by atoms with Crippen LogP contribution in [0.2, 0.25) is 0 Å². The molecule has 2 nitrogen and oxygen atoms in total. The molecule has 1 aromatic rings. The highest BCUT2D eigenvalue weighted by Gasteiger charge is 2.32. The fourth-order valence-corrected chi connectivity index (χ4v) is 1.88. The van der Waals surface area contributed by atoms with Gasteiger partial charge in [0.25, 0.3) is 0 Å². The number of hydrogen-bond acceptors (Lipinski definition) is 3. The molecule has 14 heavy (non-hydrogen) atoms. The second-order valence-electron chi connectivity index (χ2n) is 2.79. The lowest BCUT2D eigenvalue weighted by Crippen LogP contribution is -2.05. The van der Waals surface area contributed by atoms with Crippen molar-refractivity contribution >= 4 is 11.3 Å². The molecular weight excluding hydrogens is 215 g/mol. The molecule has 1 aromatic heterocycles. The molecule has 0 saturated carbocycles. The maximum Gasteiger partial charge on any atom is 0.425 e. The first-order chi connectivity index (χ1) is 6.45. The van der Waals surface area contributed by atoms with Crippen LogP contribution in [0.3, 0.4) is 0 Å². The number of aliphatic hydroxyl groups excluding tert-OH is 1. The van der Waals surface area contributed by atoms with E-state index < -0.39 is 17.2 Å². The minimum absolute atomic E-state index is 0.250. The minimum atomic E-state index is -4.33. The molecule has 80 valence electrons. The SMILES string of the molecule is NCCC(O)c1ccc(C(F)(F)F)s1. The Morgan fingerprint density at radius 3 is 2.50 bits per heavy atom. The van der Waals surface area contributed by atoms with Gasteiger partial charge in [-0.15, -0.1) is 11.3 Å². The summed E-state index contributed by atoms with van der Waals surface area (Å²) in [6.45, 7) is 0.250. The summed E-state index contributed by atoms with van der Waals surface area (Å²) in [7, 11) is 0. The highest BCUT2D eigenvalue weighted by atomic mass is 32.1. The molecule has 0 spiro atoms. The topological polar surface area (TPSA) is 46.2 Å². The van der Waals surface area contributed by atoms with E-state index in [9.17, 15) is 18.3 Å². The van der Waals surface area contributed by atoms with Crippen molar-refractivity contribution in [3.05, 3.63) is 21.9 Å². The Morgan fingerprint density at radius 1 is 1.43 bits per heavy atom. The summed E-state index contributed by atoms with van der Waals surface area (Å²) in [5, 5.41) is 9.36. The second-order valence-corrected chi connectivity index (χ2v) is 3.91. The van der Waals surface area contributed by atoms with Crippen molar-refractivity contribution < 1.29 is 18.3 Å². The third-order valence-electron chi connectivity index (χ3n) is 1.67. The van der Waals surface area contributed by atoms with Crippen molar-refractivity contribution in [3.8, 4) is 0 Å². The Hall–Kier alpha value is -0.590. The van der Waals surface area contributed by atoms with Crippen LogP contribution in [0.4, 0.5) is 13.2 Å². The summed E-state index contributed by atoms with van der Waals surface area (Å²) in [6, 6.07) is 2.26. The highest BCUT2D eigenvalue weighted by Crippen LogP contribution is 2.36. The van der Waals surface area contributed by atoms with Gasteiger partial charge in [-0.3, -0.25) is 0 Å². The van der Waals surface area contributed by atoms with Crippen molar-refractivity contribution in [1.29, 1.82) is 0 Å². The maximum atomic E-state index is 12.2. The van der Waals surface area contributed by atoms with E-state index in [1.807, 2.05) is 0 Å². The van der Waals surface area contributed by atoms with Crippen molar-refractivity contribution in [2.45, 2.75) is 18.7 Å². The van der Waals surface area contributed by atoms with Crippen LogP contribution in [0.5, 0.6) is 0 Å². The molecule has 1 heterocycles. The predicted octanol–water partition coefficient (Wildman–Crippen LogP) is 2.15. The van der Waals surface area contributed by atoms with Crippen LogP contribution >= 0.6 is 11.3 Å². The highest BCUT2D eigenvalue weighted by molar-refractivity contribution is 7.12. The van der Waals surface area contributed by atoms with E-state index in [1.54, 1.807) is 0 Å². The van der Waals surface area contributed by atoms with E-state index in [-0.39, 0.29) is 13.0 Å². The molecule has 0 aliphatic carbocycles. The van der Waals surface area contributed by atoms with Gasteiger partial charge in [0.15, 0.2) is 0 Å². The molecular formula is C8H10F3NOS. The molecule has 1 rings (SSSR count). The summed E-state index contributed by atoms with van der Waals surface area (Å²) < 4.78 is 36.5. The molecule has 0 aromatic carbocycles. The maximum absolute atomic E-state index is 12.2. The van der Waals surface area contributed by atoms with Crippen molar-refractivity contribution in [2.24, 2.45) is 5.73 Å². The van der Waals surface area contributed by atoms with Crippen molar-refractivity contribution in [1.82, 2.24) is 0 Å². The lowest BCUT2D eigenvalue weighted by Gasteiger charge is -2.05. The third-order valence-corrected chi connectivity index (χ3v) is 2.91. The van der Waals surface area contributed by atoms with Crippen LogP contribution < -0.4 is 5.73 Å². The lowest BCUT2D eigenvalue weighted by molar-refractivity contribution is -0.134. The molecule has 0 aliphatic rings. The second kappa shape index (κ2) is 4.29. The number of aliphatic hydroxyl groups is 1. The van der Waals surface area contributed by atoms with E-state index in [2.05, 4.69) is 0 Å². The number of halogens is 3. The molecule has 3 N–H and O–H groups in total. The number of hydrogen-bond donors (Lipinski definition) is 2. The van der Waals surface area contributed by atoms with Gasteiger partial charge in [0.2, 0.25) is 0 Å². The molecule has 0 saturated heterocycles. The molecule has 1 atom stereocenters. The number of thiophene rings is 1. The number of rotatable bonds is 3. The van der Waals surface area contributed by atoms with E-state index in [1.165, 1.54) is 6.07 Å². The van der Waals surface area contributed by atoms with Crippen molar-refractivity contribution in [2.75, 3.05) is 6.54 Å². The zero-order valence-corrected chi connectivity index (χ0v) is 8.03. The zero-order valence-electron chi connectivity index (χ0n) is 7.21. The summed E-state index contributed by atoms with van der Waals surface area (Å²) in [5.74, 6) is 0. The average Bonchev–Trinajstić information content (AvgIpc) is 2.51. The van der Waals surface area contributed by atoms with Crippen LogP contribution in [0, 0.1) is 0 Å². The quantitative estimate of drug-likeness (QED) is 0.828. The largest absolute Gasteiger partial charge is 0.425 e. The predicted molar refractivity (Wildman–Crippen MR) is 48.0 cm³/mol. The average molecular weight is 225 g/mol. The van der Waals surface area contributed by atoms with Crippen LogP contribution in [-0.4, -0.2) is 11.7 Å². The van der Waals surface area contributed by atoms with Gasteiger partial charge >= 0.3 is 6.18 Å². The summed E-state index contributed by atoms with van der Waals surface area (Å²) in [6.07, 6.45) is -4.94. The summed E-state index contributed by atoms with van der Waals surface area (Å²) >= 11 is 0.557. The van der Waals surface area contributed by atoms with Gasteiger partial charge in [-0.25, -0.2) is 0 Å². The van der Waals surface area contributed by atoms with Gasteiger partial charge < -0.3 is 10.8 Å². The van der Waals surface area contributed by atoms with Gasteiger partial charge in [-0.2, -0.15) is 13.2 Å². The van der Waals surface area contributed by atoms with E-state index in [0.29, 0.717) is 16.2 Å². The Labute approximate surface area is 83.2 Å². The Balaban J connectivity index is 2.78. The molecule has 0 aliphatic heterocycles. The molecule has 0 amide bonds. The Morgan fingerprint density at radius 2 is 2.07 bits per heavy atom. The van der Waals surface area contributed by atoms with Gasteiger partial charge in [-0.05, 0) is 25.1 Å². The molecule has 0 radical (unpaired) electrons. The van der Waals surface area contributed by atoms with Crippen LogP contribution in [-0.2, 0) is 6.18 Å². The van der Waals surface area contributed by atoms with Crippen LogP contribution in [0.1, 0.15) is 22.3 Å². The summed E-state index contributed by atoms with van der Waals surface area (Å²) in [4.78, 5) is -0.383. The fourth-order valence-electron chi connectivity index (χ4n) is 0.984.